The Morgan fingerprint density at radius 1 is 1.40 bits per heavy atom. The Kier molecular flexibility index (Phi) is 3.23. The van der Waals surface area contributed by atoms with Gasteiger partial charge < -0.3 is 15.3 Å². The molecule has 20 heavy (non-hydrogen) atoms. The number of hydrogen-bond acceptors (Lipinski definition) is 5. The number of hydrogen-bond donors (Lipinski definition) is 2. The third kappa shape index (κ3) is 2.07. The fraction of sp³-hybridized carbons (Fsp3) is 0.500. The molecular formula is C12H19N6O2+. The summed E-state index contributed by atoms with van der Waals surface area (Å²) in [6.45, 7) is 2.99. The Morgan fingerprint density at radius 3 is 2.85 bits per heavy atom. The number of anilines is 1. The Balaban J connectivity index is 2.21. The number of aromatic nitrogens is 3. The second-order valence-corrected chi connectivity index (χ2v) is 4.93. The van der Waals surface area contributed by atoms with E-state index in [-0.39, 0.29) is 0 Å². The van der Waals surface area contributed by atoms with E-state index in [0.29, 0.717) is 19.0 Å². The van der Waals surface area contributed by atoms with Crippen molar-refractivity contribution in [2.24, 2.45) is 0 Å². The lowest BCUT2D eigenvalue weighted by Crippen LogP contribution is -2.54. The number of ether oxygens (including phenoxy) is 1. The van der Waals surface area contributed by atoms with Crippen molar-refractivity contribution in [3.8, 4) is 0 Å². The largest absolute Gasteiger partial charge is 0.691 e. The number of allylic oxidation sites excluding steroid dienone is 1. The van der Waals surface area contributed by atoms with Crippen molar-refractivity contribution in [1.29, 1.82) is 0 Å². The summed E-state index contributed by atoms with van der Waals surface area (Å²) in [5.41, 5.74) is 0. The third-order valence-electron chi connectivity index (χ3n) is 3.34. The number of aromatic amines is 1. The second kappa shape index (κ2) is 5.04. The highest BCUT2D eigenvalue weighted by Crippen LogP contribution is 2.04. The van der Waals surface area contributed by atoms with Crippen molar-refractivity contribution in [1.82, 2.24) is 15.0 Å². The minimum Gasteiger partial charge on any atom is -0.691 e. The van der Waals surface area contributed by atoms with E-state index in [1.165, 1.54) is 0 Å². The molecule has 0 bridgehead atoms. The van der Waals surface area contributed by atoms with Gasteiger partial charge in [-0.25, -0.2) is 9.80 Å². The van der Waals surface area contributed by atoms with E-state index < -0.39 is 0 Å². The zero-order chi connectivity index (χ0) is 14.1. The predicted octanol–water partition coefficient (Wildman–Crippen LogP) is -2.16. The Labute approximate surface area is 116 Å². The van der Waals surface area contributed by atoms with E-state index in [2.05, 4.69) is 15.4 Å². The highest BCUT2D eigenvalue weighted by Gasteiger charge is 2.31. The average molecular weight is 279 g/mol. The summed E-state index contributed by atoms with van der Waals surface area (Å²) < 4.78 is 7.19. The molecule has 2 aliphatic rings. The minimum atomic E-state index is 0.500. The first-order chi connectivity index (χ1) is 9.68. The molecule has 3 rings (SSSR count). The van der Waals surface area contributed by atoms with Crippen LogP contribution in [0.25, 0.3) is 6.08 Å². The SMILES string of the molecule is CN(C)C(N1CCOCC1)=[n+]1[nH][n+]([O-])c2c1=CC=CN2. The molecule has 0 spiro atoms. The zero-order valence-electron chi connectivity index (χ0n) is 11.7. The van der Waals surface area contributed by atoms with Gasteiger partial charge >= 0.3 is 5.96 Å². The first-order valence-electron chi connectivity index (χ1n) is 6.60. The van der Waals surface area contributed by atoms with Crippen molar-refractivity contribution >= 4 is 11.9 Å². The number of nitrogens with one attached hydrogen (secondary N) is 2. The Bertz CT molecular complexity index is 642. The predicted molar refractivity (Wildman–Crippen MR) is 71.5 cm³/mol. The fourth-order valence-electron chi connectivity index (χ4n) is 2.50. The maximum Gasteiger partial charge on any atom is 0.466 e. The second-order valence-electron chi connectivity index (χ2n) is 4.93. The quantitative estimate of drug-likeness (QED) is 0.477. The van der Waals surface area contributed by atoms with Gasteiger partial charge in [-0.15, -0.1) is 4.85 Å². The molecular weight excluding hydrogens is 260 g/mol. The van der Waals surface area contributed by atoms with Crippen LogP contribution in [0.4, 0.5) is 5.82 Å². The highest BCUT2D eigenvalue weighted by molar-refractivity contribution is 5.48. The maximum absolute atomic E-state index is 11.9. The van der Waals surface area contributed by atoms with Gasteiger partial charge in [0, 0.05) is 6.20 Å². The van der Waals surface area contributed by atoms with E-state index in [1.807, 2.05) is 31.1 Å². The smallest absolute Gasteiger partial charge is 0.466 e. The molecule has 1 fully saturated rings. The zero-order valence-corrected chi connectivity index (χ0v) is 11.7. The molecule has 8 heteroatoms. The van der Waals surface area contributed by atoms with Crippen LogP contribution >= 0.6 is 0 Å². The normalized spacial score (nSPS) is 19.0. The molecule has 8 nitrogen and oxygen atoms in total. The Morgan fingerprint density at radius 2 is 2.15 bits per heavy atom. The summed E-state index contributed by atoms with van der Waals surface area (Å²) in [5.74, 6) is 1.42. The van der Waals surface area contributed by atoms with Crippen molar-refractivity contribution in [2.45, 2.75) is 0 Å². The number of fused-ring (bicyclic) bond motifs is 1. The number of H-pyrrole nitrogens is 1. The van der Waals surface area contributed by atoms with Gasteiger partial charge in [0.25, 0.3) is 5.82 Å². The van der Waals surface area contributed by atoms with Gasteiger partial charge in [0.2, 0.25) is 5.35 Å². The standard InChI is InChI=1S/C12H19N6O2/c1-15(2)12(16-6-8-20-9-7-16)17-10-4-3-5-13-11(10)18(19)14-17/h3-5,13-14H,6-9H2,1-2H3/q+1. The lowest BCUT2D eigenvalue weighted by Gasteiger charge is -2.22. The first kappa shape index (κ1) is 12.8. The maximum atomic E-state index is 11.9. The summed E-state index contributed by atoms with van der Waals surface area (Å²) in [4.78, 5) is 4.93. The topological polar surface area (TPSA) is 76.4 Å². The number of nitrogens with zero attached hydrogens (tertiary/aromatic N) is 4. The summed E-state index contributed by atoms with van der Waals surface area (Å²) in [5, 5.41) is 18.5. The molecule has 1 aromatic rings. The van der Waals surface area contributed by atoms with Crippen LogP contribution in [0.1, 0.15) is 0 Å². The van der Waals surface area contributed by atoms with E-state index in [0.717, 1.165) is 29.2 Å². The van der Waals surface area contributed by atoms with Crippen LogP contribution in [0.15, 0.2) is 12.3 Å². The summed E-state index contributed by atoms with van der Waals surface area (Å²) in [7, 11) is 3.93. The Hall–Kier alpha value is -2.22. The molecule has 0 unspecified atom stereocenters. The third-order valence-corrected chi connectivity index (χ3v) is 3.34. The molecule has 1 saturated heterocycles. The lowest BCUT2D eigenvalue weighted by atomic mass is 10.4. The van der Waals surface area contributed by atoms with E-state index in [9.17, 15) is 5.21 Å². The molecule has 0 saturated carbocycles. The van der Waals surface area contributed by atoms with Crippen molar-refractivity contribution < 1.29 is 13.9 Å². The van der Waals surface area contributed by atoms with Crippen LogP contribution < -0.4 is 19.9 Å². The number of morpholine rings is 1. The molecule has 2 N–H and O–H groups in total. The first-order valence-corrected chi connectivity index (χ1v) is 6.60. The monoisotopic (exact) mass is 279 g/mol. The average Bonchev–Trinajstić information content (AvgIpc) is 2.78. The van der Waals surface area contributed by atoms with Crippen molar-refractivity contribution in [3.63, 3.8) is 0 Å². The van der Waals surface area contributed by atoms with E-state index in [4.69, 9.17) is 4.74 Å². The van der Waals surface area contributed by atoms with E-state index >= 15 is 0 Å². The van der Waals surface area contributed by atoms with Gasteiger partial charge in [0.15, 0.2) is 0 Å². The van der Waals surface area contributed by atoms with Crippen molar-refractivity contribution in [3.05, 3.63) is 28.8 Å². The van der Waals surface area contributed by atoms with Gasteiger partial charge in [-0.2, -0.15) is 0 Å². The van der Waals surface area contributed by atoms with Crippen LogP contribution in [0.2, 0.25) is 0 Å². The molecule has 0 radical (unpaired) electrons. The molecule has 2 aliphatic heterocycles. The van der Waals surface area contributed by atoms with Crippen LogP contribution in [-0.4, -0.2) is 55.4 Å². The van der Waals surface area contributed by atoms with Crippen LogP contribution in [0.5, 0.6) is 0 Å². The van der Waals surface area contributed by atoms with Crippen LogP contribution in [0.3, 0.4) is 0 Å². The van der Waals surface area contributed by atoms with Gasteiger partial charge in [0.05, 0.1) is 27.3 Å². The molecule has 1 aromatic heterocycles. The lowest BCUT2D eigenvalue weighted by molar-refractivity contribution is -0.784. The van der Waals surface area contributed by atoms with E-state index in [1.54, 1.807) is 10.6 Å². The summed E-state index contributed by atoms with van der Waals surface area (Å²) in [6.07, 6.45) is 5.51. The van der Waals surface area contributed by atoms with Crippen LogP contribution in [0, 0.1) is 11.2 Å². The summed E-state index contributed by atoms with van der Waals surface area (Å²) in [6, 6.07) is 0. The molecule has 3 heterocycles. The highest BCUT2D eigenvalue weighted by atomic mass is 16.5. The van der Waals surface area contributed by atoms with Gasteiger partial charge in [0.1, 0.15) is 13.1 Å². The van der Waals surface area contributed by atoms with Crippen molar-refractivity contribution in [2.75, 3.05) is 45.7 Å². The van der Waals surface area contributed by atoms with Gasteiger partial charge in [-0.1, -0.05) is 5.21 Å². The molecule has 108 valence electrons. The molecule has 0 aromatic carbocycles. The molecule has 0 aliphatic carbocycles. The molecule has 0 atom stereocenters. The van der Waals surface area contributed by atoms with Gasteiger partial charge in [-0.05, 0) is 16.5 Å². The molecule has 0 amide bonds. The summed E-state index contributed by atoms with van der Waals surface area (Å²) >= 11 is 0. The number of rotatable bonds is 2. The van der Waals surface area contributed by atoms with Gasteiger partial charge in [-0.3, -0.25) is 0 Å². The minimum absolute atomic E-state index is 0.500. The fourth-order valence-corrected chi connectivity index (χ4v) is 2.50. The van der Waals surface area contributed by atoms with Crippen LogP contribution in [-0.2, 0) is 4.74 Å².